The molecule has 0 heterocycles. The van der Waals surface area contributed by atoms with Crippen LogP contribution in [-0.2, 0) is 0 Å². The third-order valence-electron chi connectivity index (χ3n) is 3.77. The number of benzene rings is 2. The predicted molar refractivity (Wildman–Crippen MR) is 101 cm³/mol. The van der Waals surface area contributed by atoms with Crippen LogP contribution in [-0.4, -0.2) is 17.8 Å². The first kappa shape index (κ1) is 21.8. The third-order valence-corrected chi connectivity index (χ3v) is 4.83. The Kier molecular flexibility index (Phi) is 5.79. The van der Waals surface area contributed by atoms with Crippen LogP contribution in [0.15, 0.2) is 81.1 Å². The Balaban J connectivity index is 2.05. The van der Waals surface area contributed by atoms with Crippen LogP contribution in [0.4, 0.5) is 26.3 Å². The molecule has 0 saturated carbocycles. The Bertz CT molecular complexity index is 876. The molecule has 2 aromatic carbocycles. The first-order valence-corrected chi connectivity index (χ1v) is 9.46. The molecule has 0 atom stereocenters. The Hall–Kier alpha value is -1.94. The second-order valence-electron chi connectivity index (χ2n) is 5.95. The summed E-state index contributed by atoms with van der Waals surface area (Å²) in [5.74, 6) is -18.1. The van der Waals surface area contributed by atoms with Crippen molar-refractivity contribution < 1.29 is 35.8 Å². The van der Waals surface area contributed by atoms with Crippen molar-refractivity contribution in [2.75, 3.05) is 0 Å². The Morgan fingerprint density at radius 2 is 0.862 bits per heavy atom. The molecule has 0 unspecified atom stereocenters. The second kappa shape index (κ2) is 7.71. The summed E-state index contributed by atoms with van der Waals surface area (Å²) in [5, 5.41) is 0. The van der Waals surface area contributed by atoms with E-state index in [9.17, 15) is 26.3 Å². The average molecular weight is 544 g/mol. The zero-order valence-electron chi connectivity index (χ0n) is 14.1. The lowest BCUT2D eigenvalue weighted by Crippen LogP contribution is -2.37. The molecule has 2 aromatic rings. The van der Waals surface area contributed by atoms with Crippen molar-refractivity contribution in [1.82, 2.24) is 0 Å². The molecule has 0 spiro atoms. The number of rotatable bonds is 4. The molecular formula is C19H10Br2F6O2. The van der Waals surface area contributed by atoms with Gasteiger partial charge in [0.05, 0.1) is 0 Å². The maximum atomic E-state index is 14.9. The zero-order valence-corrected chi connectivity index (χ0v) is 17.3. The summed E-state index contributed by atoms with van der Waals surface area (Å²) >= 11 is 6.24. The number of allylic oxidation sites excluding steroid dienone is 2. The minimum atomic E-state index is -4.94. The number of alkyl halides is 6. The Morgan fingerprint density at radius 1 is 0.552 bits per heavy atom. The molecule has 0 N–H and O–H groups in total. The summed E-state index contributed by atoms with van der Waals surface area (Å²) < 4.78 is 96.8. The van der Waals surface area contributed by atoms with Crippen LogP contribution in [0, 0.1) is 0 Å². The van der Waals surface area contributed by atoms with Crippen LogP contribution in [0.2, 0.25) is 0 Å². The van der Waals surface area contributed by atoms with E-state index in [1.165, 1.54) is 48.5 Å². The molecule has 29 heavy (non-hydrogen) atoms. The van der Waals surface area contributed by atoms with Crippen LogP contribution in [0.3, 0.4) is 0 Å². The Labute approximate surface area is 178 Å². The van der Waals surface area contributed by atoms with E-state index in [0.29, 0.717) is 8.95 Å². The van der Waals surface area contributed by atoms with Gasteiger partial charge in [-0.2, -0.15) is 26.3 Å². The van der Waals surface area contributed by atoms with E-state index < -0.39 is 41.4 Å². The van der Waals surface area contributed by atoms with Gasteiger partial charge in [0.1, 0.15) is 11.5 Å². The van der Waals surface area contributed by atoms with Crippen LogP contribution < -0.4 is 9.47 Å². The fourth-order valence-electron chi connectivity index (χ4n) is 2.27. The molecule has 3 rings (SSSR count). The highest BCUT2D eigenvalue weighted by Gasteiger charge is 2.61. The molecular weight excluding hydrogens is 534 g/mol. The minimum absolute atomic E-state index is 0.247. The minimum Gasteiger partial charge on any atom is -0.455 e. The van der Waals surface area contributed by atoms with Gasteiger partial charge in [0.25, 0.3) is 0 Å². The van der Waals surface area contributed by atoms with Crippen LogP contribution >= 0.6 is 31.9 Å². The largest absolute Gasteiger partial charge is 0.455 e. The topological polar surface area (TPSA) is 18.5 Å². The normalized spacial score (nSPS) is 19.6. The van der Waals surface area contributed by atoms with Gasteiger partial charge < -0.3 is 9.47 Å². The lowest BCUT2D eigenvalue weighted by molar-refractivity contribution is -0.147. The van der Waals surface area contributed by atoms with E-state index in [0.717, 1.165) is 0 Å². The first-order chi connectivity index (χ1) is 13.4. The molecule has 0 radical (unpaired) electrons. The van der Waals surface area contributed by atoms with E-state index in [1.54, 1.807) is 0 Å². The van der Waals surface area contributed by atoms with Crippen molar-refractivity contribution in [2.45, 2.75) is 17.8 Å². The fraction of sp³-hybridized carbons (Fsp3) is 0.158. The van der Waals surface area contributed by atoms with E-state index in [-0.39, 0.29) is 11.5 Å². The first-order valence-electron chi connectivity index (χ1n) is 7.88. The van der Waals surface area contributed by atoms with Crippen molar-refractivity contribution in [1.29, 1.82) is 0 Å². The van der Waals surface area contributed by atoms with Gasteiger partial charge in [-0.1, -0.05) is 31.9 Å². The number of hydrogen-bond donors (Lipinski definition) is 0. The monoisotopic (exact) mass is 542 g/mol. The van der Waals surface area contributed by atoms with Gasteiger partial charge in [0.15, 0.2) is 11.5 Å². The van der Waals surface area contributed by atoms with Gasteiger partial charge in [-0.15, -0.1) is 0 Å². The summed E-state index contributed by atoms with van der Waals surface area (Å²) in [4.78, 5) is 0. The number of halogens is 8. The van der Waals surface area contributed by atoms with E-state index in [4.69, 9.17) is 9.47 Å². The van der Waals surface area contributed by atoms with Crippen molar-refractivity contribution >= 4 is 31.9 Å². The van der Waals surface area contributed by atoms with Gasteiger partial charge >= 0.3 is 17.8 Å². The summed E-state index contributed by atoms with van der Waals surface area (Å²) in [6, 6.07) is 10.5. The van der Waals surface area contributed by atoms with Gasteiger partial charge in [-0.25, -0.2) is 0 Å². The van der Waals surface area contributed by atoms with Gasteiger partial charge in [0, 0.05) is 21.1 Å². The molecule has 10 heteroatoms. The van der Waals surface area contributed by atoms with Gasteiger partial charge in [-0.05, 0) is 48.5 Å². The zero-order chi connectivity index (χ0) is 21.4. The van der Waals surface area contributed by atoms with E-state index in [1.807, 2.05) is 0 Å². The molecule has 0 aromatic heterocycles. The fourth-order valence-corrected chi connectivity index (χ4v) is 2.80. The predicted octanol–water partition coefficient (Wildman–Crippen LogP) is 7.36. The molecule has 0 amide bonds. The van der Waals surface area contributed by atoms with Crippen LogP contribution in [0.5, 0.6) is 11.5 Å². The maximum absolute atomic E-state index is 14.9. The summed E-state index contributed by atoms with van der Waals surface area (Å²) in [6.07, 6.45) is -1.16. The van der Waals surface area contributed by atoms with Crippen molar-refractivity contribution in [3.63, 3.8) is 0 Å². The molecule has 0 aliphatic heterocycles. The lowest BCUT2D eigenvalue weighted by atomic mass is 10.1. The maximum Gasteiger partial charge on any atom is 0.361 e. The van der Waals surface area contributed by atoms with Crippen molar-refractivity contribution in [2.24, 2.45) is 0 Å². The molecule has 0 saturated heterocycles. The quantitative estimate of drug-likeness (QED) is 0.375. The summed E-state index contributed by atoms with van der Waals surface area (Å²) in [5.41, 5.74) is 0. The number of hydrogen-bond acceptors (Lipinski definition) is 2. The molecule has 1 aliphatic rings. The Morgan fingerprint density at radius 3 is 1.17 bits per heavy atom. The average Bonchev–Trinajstić information content (AvgIpc) is 2.67. The van der Waals surface area contributed by atoms with Crippen molar-refractivity contribution in [3.05, 3.63) is 81.1 Å². The highest BCUT2D eigenvalue weighted by Crippen LogP contribution is 2.47. The standard InChI is InChI=1S/C19H10Br2F6O2/c20-11-1-5-13(6-2-11)28-15-9-17(22,23)18(24,25)10-16(19(15,26)27)29-14-7-3-12(21)4-8-14/h1-10H. The molecule has 0 bridgehead atoms. The van der Waals surface area contributed by atoms with E-state index >= 15 is 0 Å². The van der Waals surface area contributed by atoms with Crippen LogP contribution in [0.25, 0.3) is 0 Å². The van der Waals surface area contributed by atoms with Gasteiger partial charge in [-0.3, -0.25) is 0 Å². The smallest absolute Gasteiger partial charge is 0.361 e. The molecule has 1 aliphatic carbocycles. The summed E-state index contributed by atoms with van der Waals surface area (Å²) in [7, 11) is 0. The highest BCUT2D eigenvalue weighted by molar-refractivity contribution is 9.10. The summed E-state index contributed by atoms with van der Waals surface area (Å²) in [6.45, 7) is 0. The van der Waals surface area contributed by atoms with Crippen molar-refractivity contribution in [3.8, 4) is 11.5 Å². The number of ether oxygens (including phenoxy) is 2. The highest BCUT2D eigenvalue weighted by atomic mass is 79.9. The van der Waals surface area contributed by atoms with Crippen LogP contribution in [0.1, 0.15) is 0 Å². The third kappa shape index (κ3) is 4.63. The SMILES string of the molecule is FC1(F)C(Oc2ccc(Br)cc2)=CC(F)(F)C(F)(F)C=C1Oc1ccc(Br)cc1. The molecule has 2 nitrogen and oxygen atoms in total. The van der Waals surface area contributed by atoms with Gasteiger partial charge in [0.2, 0.25) is 0 Å². The lowest BCUT2D eigenvalue weighted by Gasteiger charge is -2.22. The molecule has 154 valence electrons. The second-order valence-corrected chi connectivity index (χ2v) is 7.78. The van der Waals surface area contributed by atoms with E-state index in [2.05, 4.69) is 31.9 Å². The molecule has 0 fully saturated rings.